The van der Waals surface area contributed by atoms with Gasteiger partial charge in [-0.05, 0) is 41.9 Å². The molecule has 0 amide bonds. The molecule has 1 aromatic rings. The Morgan fingerprint density at radius 1 is 1.21 bits per heavy atom. The Hall–Kier alpha value is -0.680. The van der Waals surface area contributed by atoms with Gasteiger partial charge < -0.3 is 5.11 Å². The maximum atomic E-state index is 12.5. The number of benzene rings is 1. The lowest BCUT2D eigenvalue weighted by atomic mass is 10.0. The molecule has 0 aliphatic carbocycles. The van der Waals surface area contributed by atoms with Crippen LogP contribution in [0.25, 0.3) is 0 Å². The van der Waals surface area contributed by atoms with E-state index in [-0.39, 0.29) is 0 Å². The molecule has 19 heavy (non-hydrogen) atoms. The second kappa shape index (κ2) is 6.66. The molecule has 0 aliphatic heterocycles. The molecule has 0 fully saturated rings. The van der Waals surface area contributed by atoms with Crippen LogP contribution in [0.2, 0.25) is 0 Å². The Labute approximate surface area is 116 Å². The number of rotatable bonds is 5. The Balaban J connectivity index is 2.73. The van der Waals surface area contributed by atoms with Crippen LogP contribution in [-0.4, -0.2) is 16.6 Å². The summed E-state index contributed by atoms with van der Waals surface area (Å²) in [6, 6.07) is 3.49. The standard InChI is InChI=1S/C14H19F3OS/c1-9(2)7-19-8-13(18)12-5-4-11(6-10(12)3)14(15,16)17/h4-6,9,13,18H,7-8H2,1-3H3. The van der Waals surface area contributed by atoms with E-state index in [2.05, 4.69) is 13.8 Å². The van der Waals surface area contributed by atoms with Gasteiger partial charge in [0.1, 0.15) is 0 Å². The predicted octanol–water partition coefficient (Wildman–Crippen LogP) is 4.44. The summed E-state index contributed by atoms with van der Waals surface area (Å²) in [5, 5.41) is 10.0. The SMILES string of the molecule is Cc1cc(C(F)(F)F)ccc1C(O)CSCC(C)C. The van der Waals surface area contributed by atoms with Crippen molar-refractivity contribution >= 4 is 11.8 Å². The maximum Gasteiger partial charge on any atom is 0.416 e. The van der Waals surface area contributed by atoms with Crippen LogP contribution < -0.4 is 0 Å². The third-order valence-corrected chi connectivity index (χ3v) is 4.14. The fourth-order valence-corrected chi connectivity index (χ4v) is 2.74. The molecule has 1 N–H and O–H groups in total. The smallest absolute Gasteiger partial charge is 0.388 e. The molecule has 1 atom stereocenters. The summed E-state index contributed by atoms with van der Waals surface area (Å²) in [5.74, 6) is 1.96. The van der Waals surface area contributed by atoms with Crippen molar-refractivity contribution in [2.24, 2.45) is 5.92 Å². The van der Waals surface area contributed by atoms with Crippen LogP contribution in [-0.2, 0) is 6.18 Å². The molecule has 0 radical (unpaired) electrons. The molecule has 0 aliphatic rings. The summed E-state index contributed by atoms with van der Waals surface area (Å²) < 4.78 is 37.6. The first-order valence-electron chi connectivity index (χ1n) is 6.15. The Kier molecular flexibility index (Phi) is 5.74. The molecule has 1 rings (SSSR count). The van der Waals surface area contributed by atoms with E-state index in [1.54, 1.807) is 18.7 Å². The van der Waals surface area contributed by atoms with Crippen molar-refractivity contribution in [1.29, 1.82) is 0 Å². The molecule has 1 unspecified atom stereocenters. The van der Waals surface area contributed by atoms with Gasteiger partial charge in [-0.1, -0.05) is 19.9 Å². The molecule has 5 heteroatoms. The van der Waals surface area contributed by atoms with Crippen molar-refractivity contribution in [3.8, 4) is 0 Å². The van der Waals surface area contributed by atoms with Gasteiger partial charge in [0.25, 0.3) is 0 Å². The summed E-state index contributed by atoms with van der Waals surface area (Å²) in [7, 11) is 0. The summed E-state index contributed by atoms with van der Waals surface area (Å²) in [5.41, 5.74) is 0.382. The van der Waals surface area contributed by atoms with Gasteiger partial charge in [0, 0.05) is 5.75 Å². The van der Waals surface area contributed by atoms with Gasteiger partial charge >= 0.3 is 6.18 Å². The summed E-state index contributed by atoms with van der Waals surface area (Å²) in [6.45, 7) is 5.77. The molecule has 0 saturated carbocycles. The fourth-order valence-electron chi connectivity index (χ4n) is 1.73. The van der Waals surface area contributed by atoms with Gasteiger partial charge in [0.15, 0.2) is 0 Å². The minimum atomic E-state index is -4.33. The highest BCUT2D eigenvalue weighted by molar-refractivity contribution is 7.99. The molecule has 0 bridgehead atoms. The predicted molar refractivity (Wildman–Crippen MR) is 73.3 cm³/mol. The van der Waals surface area contributed by atoms with Crippen LogP contribution in [0.3, 0.4) is 0 Å². The normalized spacial score (nSPS) is 13.9. The van der Waals surface area contributed by atoms with Gasteiger partial charge in [0.05, 0.1) is 11.7 Å². The minimum absolute atomic E-state index is 0.479. The molecule has 0 aromatic heterocycles. The quantitative estimate of drug-likeness (QED) is 0.866. The number of hydrogen-bond acceptors (Lipinski definition) is 2. The maximum absolute atomic E-state index is 12.5. The largest absolute Gasteiger partial charge is 0.416 e. The molecule has 0 heterocycles. The van der Waals surface area contributed by atoms with Gasteiger partial charge in [-0.3, -0.25) is 0 Å². The van der Waals surface area contributed by atoms with E-state index in [1.807, 2.05) is 0 Å². The molecular formula is C14H19F3OS. The molecular weight excluding hydrogens is 273 g/mol. The lowest BCUT2D eigenvalue weighted by molar-refractivity contribution is -0.137. The van der Waals surface area contributed by atoms with E-state index in [4.69, 9.17) is 0 Å². The fraction of sp³-hybridized carbons (Fsp3) is 0.571. The van der Waals surface area contributed by atoms with E-state index in [0.717, 1.165) is 17.9 Å². The lowest BCUT2D eigenvalue weighted by Crippen LogP contribution is -2.09. The van der Waals surface area contributed by atoms with Crippen LogP contribution >= 0.6 is 11.8 Å². The molecule has 1 nitrogen and oxygen atoms in total. The third kappa shape index (κ3) is 5.07. The van der Waals surface area contributed by atoms with E-state index < -0.39 is 17.8 Å². The number of aliphatic hydroxyl groups is 1. The zero-order valence-electron chi connectivity index (χ0n) is 11.3. The molecule has 0 saturated heterocycles. The van der Waals surface area contributed by atoms with Crippen LogP contribution in [0.5, 0.6) is 0 Å². The Bertz CT molecular complexity index is 416. The van der Waals surface area contributed by atoms with Crippen molar-refractivity contribution in [3.63, 3.8) is 0 Å². The second-order valence-corrected chi connectivity index (χ2v) is 6.09. The van der Waals surface area contributed by atoms with E-state index in [1.165, 1.54) is 6.07 Å². The van der Waals surface area contributed by atoms with Gasteiger partial charge in [-0.25, -0.2) is 0 Å². The second-order valence-electron chi connectivity index (χ2n) is 5.02. The van der Waals surface area contributed by atoms with Crippen molar-refractivity contribution < 1.29 is 18.3 Å². The van der Waals surface area contributed by atoms with Crippen LogP contribution in [0.1, 0.15) is 36.6 Å². The zero-order valence-corrected chi connectivity index (χ0v) is 12.1. The zero-order chi connectivity index (χ0) is 14.6. The minimum Gasteiger partial charge on any atom is -0.388 e. The molecule has 108 valence electrons. The number of halogens is 3. The van der Waals surface area contributed by atoms with Gasteiger partial charge in [-0.2, -0.15) is 24.9 Å². The first kappa shape index (κ1) is 16.4. The third-order valence-electron chi connectivity index (χ3n) is 2.68. The highest BCUT2D eigenvalue weighted by atomic mass is 32.2. The van der Waals surface area contributed by atoms with Crippen LogP contribution in [0.4, 0.5) is 13.2 Å². The summed E-state index contributed by atoms with van der Waals surface area (Å²) in [6.07, 6.45) is -5.05. The van der Waals surface area contributed by atoms with Crippen molar-refractivity contribution in [2.45, 2.75) is 33.1 Å². The Morgan fingerprint density at radius 3 is 2.32 bits per heavy atom. The topological polar surface area (TPSA) is 20.2 Å². The van der Waals surface area contributed by atoms with Crippen LogP contribution in [0.15, 0.2) is 18.2 Å². The van der Waals surface area contributed by atoms with Crippen LogP contribution in [0, 0.1) is 12.8 Å². The first-order chi connectivity index (χ1) is 8.71. The Morgan fingerprint density at radius 2 is 1.84 bits per heavy atom. The monoisotopic (exact) mass is 292 g/mol. The highest BCUT2D eigenvalue weighted by Gasteiger charge is 2.30. The number of aryl methyl sites for hydroxylation is 1. The van der Waals surface area contributed by atoms with Gasteiger partial charge in [-0.15, -0.1) is 0 Å². The number of aliphatic hydroxyl groups excluding tert-OH is 1. The highest BCUT2D eigenvalue weighted by Crippen LogP contribution is 2.32. The average molecular weight is 292 g/mol. The van der Waals surface area contributed by atoms with E-state index in [9.17, 15) is 18.3 Å². The van der Waals surface area contributed by atoms with E-state index >= 15 is 0 Å². The summed E-state index contributed by atoms with van der Waals surface area (Å²) >= 11 is 1.61. The van der Waals surface area contributed by atoms with Gasteiger partial charge in [0.2, 0.25) is 0 Å². The van der Waals surface area contributed by atoms with Crippen molar-refractivity contribution in [1.82, 2.24) is 0 Å². The number of thioether (sulfide) groups is 1. The summed E-state index contributed by atoms with van der Waals surface area (Å²) in [4.78, 5) is 0. The number of alkyl halides is 3. The average Bonchev–Trinajstić information content (AvgIpc) is 2.26. The van der Waals surface area contributed by atoms with Crippen molar-refractivity contribution in [3.05, 3.63) is 34.9 Å². The molecule has 0 spiro atoms. The molecule has 1 aromatic carbocycles. The lowest BCUT2D eigenvalue weighted by Gasteiger charge is -2.16. The van der Waals surface area contributed by atoms with Crippen molar-refractivity contribution in [2.75, 3.05) is 11.5 Å². The number of hydrogen-bond donors (Lipinski definition) is 1. The first-order valence-corrected chi connectivity index (χ1v) is 7.31. The van der Waals surface area contributed by atoms with E-state index in [0.29, 0.717) is 22.8 Å².